The van der Waals surface area contributed by atoms with Gasteiger partial charge in [-0.1, -0.05) is 18.2 Å². The Hall–Kier alpha value is -4.10. The maximum atomic E-state index is 13.9. The number of carbonyl (C=O) groups excluding carboxylic acids is 1. The van der Waals surface area contributed by atoms with Crippen molar-refractivity contribution in [2.24, 2.45) is 0 Å². The van der Waals surface area contributed by atoms with Crippen LogP contribution in [-0.4, -0.2) is 75.8 Å². The van der Waals surface area contributed by atoms with E-state index in [1.807, 2.05) is 47.9 Å². The molecule has 2 aliphatic rings. The monoisotopic (exact) mass is 586 g/mol. The molecule has 3 aromatic rings. The van der Waals surface area contributed by atoms with Crippen LogP contribution in [0.3, 0.4) is 0 Å². The molecule has 0 atom stereocenters. The fraction of sp³-hybridized carbons (Fsp3) is 0.406. The zero-order valence-electron chi connectivity index (χ0n) is 24.7. The number of nitrogens with one attached hydrogen (secondary N) is 1. The maximum Gasteiger partial charge on any atom is 0.254 e. The van der Waals surface area contributed by atoms with Crippen LogP contribution in [0.5, 0.6) is 0 Å². The summed E-state index contributed by atoms with van der Waals surface area (Å²) >= 11 is 0. The molecule has 1 aromatic heterocycles. The number of sulfone groups is 1. The largest absolute Gasteiger partial charge is 0.382 e. The number of para-hydroxylation sites is 1. The van der Waals surface area contributed by atoms with E-state index in [9.17, 15) is 18.5 Å². The molecular weight excluding hydrogens is 548 g/mol. The number of amides is 1. The van der Waals surface area contributed by atoms with Gasteiger partial charge in [0.1, 0.15) is 16.8 Å². The van der Waals surface area contributed by atoms with Crippen LogP contribution in [-0.2, 0) is 9.84 Å². The highest BCUT2D eigenvalue weighted by Gasteiger charge is 2.29. The predicted molar refractivity (Wildman–Crippen MR) is 166 cm³/mol. The number of aryl methyl sites for hydroxylation is 2. The van der Waals surface area contributed by atoms with Crippen LogP contribution in [0.1, 0.15) is 45.5 Å². The number of nitrogens with zero attached hydrogens (tertiary/aromatic N) is 5. The number of piperazine rings is 1. The first-order chi connectivity index (χ1) is 20.1. The molecule has 9 nitrogen and oxygen atoms in total. The lowest BCUT2D eigenvalue weighted by molar-refractivity contribution is 0.0745. The smallest absolute Gasteiger partial charge is 0.254 e. The second-order valence-electron chi connectivity index (χ2n) is 11.3. The van der Waals surface area contributed by atoms with Crippen LogP contribution in [0.2, 0.25) is 0 Å². The minimum absolute atomic E-state index is 0.0000119. The number of anilines is 3. The van der Waals surface area contributed by atoms with Gasteiger partial charge in [0.25, 0.3) is 5.91 Å². The number of benzene rings is 2. The fourth-order valence-electron chi connectivity index (χ4n) is 6.24. The molecule has 1 amide bonds. The van der Waals surface area contributed by atoms with Crippen molar-refractivity contribution in [3.63, 3.8) is 0 Å². The van der Waals surface area contributed by atoms with Crippen LogP contribution in [0, 0.1) is 32.1 Å². The normalized spacial score (nSPS) is 16.3. The summed E-state index contributed by atoms with van der Waals surface area (Å²) in [6.07, 6.45) is 4.66. The van der Waals surface area contributed by atoms with Gasteiger partial charge in [0.2, 0.25) is 0 Å². The summed E-state index contributed by atoms with van der Waals surface area (Å²) in [7, 11) is -3.42. The Balaban J connectivity index is 1.28. The highest BCUT2D eigenvalue weighted by Crippen LogP contribution is 2.32. The molecule has 2 fully saturated rings. The van der Waals surface area contributed by atoms with Gasteiger partial charge in [-0.15, -0.1) is 0 Å². The van der Waals surface area contributed by atoms with Gasteiger partial charge in [-0.05, 0) is 74.6 Å². The Morgan fingerprint density at radius 3 is 2.31 bits per heavy atom. The van der Waals surface area contributed by atoms with Crippen LogP contribution in [0.25, 0.3) is 0 Å². The molecular formula is C32H38N6O3S. The molecule has 0 aliphatic carbocycles. The second-order valence-corrected chi connectivity index (χ2v) is 13.3. The van der Waals surface area contributed by atoms with Crippen LogP contribution in [0.15, 0.2) is 53.6 Å². The van der Waals surface area contributed by atoms with Crippen LogP contribution < -0.4 is 15.1 Å². The molecule has 0 spiro atoms. The lowest BCUT2D eigenvalue weighted by Gasteiger charge is -2.37. The Bertz CT molecular complexity index is 1630. The number of hydrogen-bond acceptors (Lipinski definition) is 8. The van der Waals surface area contributed by atoms with E-state index in [4.69, 9.17) is 0 Å². The maximum absolute atomic E-state index is 13.9. The fourth-order valence-corrected chi connectivity index (χ4v) is 7.08. The molecule has 10 heteroatoms. The van der Waals surface area contributed by atoms with E-state index >= 15 is 0 Å². The zero-order valence-corrected chi connectivity index (χ0v) is 25.5. The standard InChI is InChI=1S/C32H38N6O3S/c1-22-20-23(2)30(35-26-11-14-36(15-12-26)27-9-6-5-8-25(27)21-33)24(3)29(22)32(39)38-18-16-37(17-19-38)31-28(42(4,40)41)10-7-13-34-31/h5-10,13,20,26,35H,11-12,14-19H2,1-4H3. The van der Waals surface area contributed by atoms with Crippen LogP contribution >= 0.6 is 0 Å². The summed E-state index contributed by atoms with van der Waals surface area (Å²) in [5, 5.41) is 13.3. The molecule has 0 radical (unpaired) electrons. The van der Waals surface area contributed by atoms with Gasteiger partial charge in [0.15, 0.2) is 9.84 Å². The molecule has 2 aliphatic heterocycles. The van der Waals surface area contributed by atoms with E-state index in [1.165, 1.54) is 6.26 Å². The SMILES string of the molecule is Cc1cc(C)c(C(=O)N2CCN(c3ncccc3S(C)(=O)=O)CC2)c(C)c1NC1CCN(c2ccccc2C#N)CC1. The molecule has 0 bridgehead atoms. The Morgan fingerprint density at radius 1 is 0.952 bits per heavy atom. The summed E-state index contributed by atoms with van der Waals surface area (Å²) in [5.74, 6) is 0.448. The van der Waals surface area contributed by atoms with E-state index in [2.05, 4.69) is 34.3 Å². The van der Waals surface area contributed by atoms with Crippen molar-refractivity contribution in [2.75, 3.05) is 60.6 Å². The van der Waals surface area contributed by atoms with E-state index < -0.39 is 9.84 Å². The molecule has 1 N–H and O–H groups in total. The van der Waals surface area contributed by atoms with Gasteiger partial charge >= 0.3 is 0 Å². The number of pyridine rings is 1. The first-order valence-corrected chi connectivity index (χ1v) is 16.3. The van der Waals surface area contributed by atoms with E-state index in [1.54, 1.807) is 18.3 Å². The predicted octanol–water partition coefficient (Wildman–Crippen LogP) is 4.33. The number of hydrogen-bond donors (Lipinski definition) is 1. The highest BCUT2D eigenvalue weighted by atomic mass is 32.2. The Labute approximate surface area is 248 Å². The molecule has 2 aromatic carbocycles. The average Bonchev–Trinajstić information content (AvgIpc) is 2.99. The van der Waals surface area contributed by atoms with Gasteiger partial charge < -0.3 is 20.0 Å². The van der Waals surface area contributed by atoms with Gasteiger partial charge in [-0.25, -0.2) is 13.4 Å². The van der Waals surface area contributed by atoms with Crippen molar-refractivity contribution >= 4 is 32.9 Å². The number of nitriles is 1. The quantitative estimate of drug-likeness (QED) is 0.455. The third-order valence-corrected chi connectivity index (χ3v) is 9.53. The summed E-state index contributed by atoms with van der Waals surface area (Å²) in [6, 6.07) is 15.6. The molecule has 0 saturated carbocycles. The lowest BCUT2D eigenvalue weighted by Crippen LogP contribution is -2.49. The van der Waals surface area contributed by atoms with Crippen LogP contribution in [0.4, 0.5) is 17.2 Å². The molecule has 42 heavy (non-hydrogen) atoms. The zero-order chi connectivity index (χ0) is 30.0. The van der Waals surface area contributed by atoms with Crippen molar-refractivity contribution in [2.45, 2.75) is 44.6 Å². The van der Waals surface area contributed by atoms with E-state index in [0.29, 0.717) is 37.6 Å². The molecule has 0 unspecified atom stereocenters. The lowest BCUT2D eigenvalue weighted by atomic mass is 9.94. The van der Waals surface area contributed by atoms with Gasteiger partial charge in [0, 0.05) is 69.0 Å². The van der Waals surface area contributed by atoms with Crippen molar-refractivity contribution in [1.29, 1.82) is 5.26 Å². The number of carbonyl (C=O) groups is 1. The minimum Gasteiger partial charge on any atom is -0.382 e. The van der Waals surface area contributed by atoms with E-state index in [0.717, 1.165) is 59.6 Å². The van der Waals surface area contributed by atoms with Gasteiger partial charge in [-0.3, -0.25) is 4.79 Å². The first kappa shape index (κ1) is 29.4. The average molecular weight is 587 g/mol. The van der Waals surface area contributed by atoms with Crippen molar-refractivity contribution < 1.29 is 13.2 Å². The third kappa shape index (κ3) is 5.93. The molecule has 5 rings (SSSR count). The topological polar surface area (TPSA) is 110 Å². The molecule has 2 saturated heterocycles. The van der Waals surface area contributed by atoms with Gasteiger partial charge in [0.05, 0.1) is 11.3 Å². The highest BCUT2D eigenvalue weighted by molar-refractivity contribution is 7.90. The second kappa shape index (κ2) is 12.0. The Kier molecular flexibility index (Phi) is 8.41. The molecule has 220 valence electrons. The Morgan fingerprint density at radius 2 is 1.64 bits per heavy atom. The van der Waals surface area contributed by atoms with Crippen molar-refractivity contribution in [1.82, 2.24) is 9.88 Å². The van der Waals surface area contributed by atoms with Gasteiger partial charge in [-0.2, -0.15) is 5.26 Å². The summed E-state index contributed by atoms with van der Waals surface area (Å²) < 4.78 is 24.6. The number of rotatable bonds is 6. The molecule has 3 heterocycles. The minimum atomic E-state index is -3.42. The summed E-state index contributed by atoms with van der Waals surface area (Å²) in [6.45, 7) is 9.79. The first-order valence-electron chi connectivity index (χ1n) is 14.4. The van der Waals surface area contributed by atoms with Crippen molar-refractivity contribution in [3.05, 3.63) is 76.5 Å². The van der Waals surface area contributed by atoms with Crippen molar-refractivity contribution in [3.8, 4) is 6.07 Å². The number of piperidine rings is 1. The summed E-state index contributed by atoms with van der Waals surface area (Å²) in [5.41, 5.74) is 6.47. The summed E-state index contributed by atoms with van der Waals surface area (Å²) in [4.78, 5) is 24.5. The number of aromatic nitrogens is 1. The third-order valence-electron chi connectivity index (χ3n) is 8.41. The van der Waals surface area contributed by atoms with E-state index in [-0.39, 0.29) is 16.8 Å².